The van der Waals surface area contributed by atoms with Gasteiger partial charge in [0.1, 0.15) is 12.4 Å². The SMILES string of the molecule is CC(C)CCN(CC(=O)Nc1cc(C(C)(C)C)nn1-c1ccc(Cl)cc1)C(=O)NC(C)(C)C. The minimum Gasteiger partial charge on any atom is -0.333 e. The maximum atomic E-state index is 13.0. The van der Waals surface area contributed by atoms with E-state index in [1.807, 2.05) is 39.0 Å². The Bertz CT molecular complexity index is 953. The van der Waals surface area contributed by atoms with Crippen molar-refractivity contribution in [1.29, 1.82) is 0 Å². The van der Waals surface area contributed by atoms with Crippen molar-refractivity contribution in [3.63, 3.8) is 0 Å². The highest BCUT2D eigenvalue weighted by molar-refractivity contribution is 6.30. The second kappa shape index (κ2) is 10.6. The van der Waals surface area contributed by atoms with Crippen LogP contribution in [0.1, 0.15) is 67.5 Å². The molecule has 0 atom stereocenters. The zero-order valence-corrected chi connectivity index (χ0v) is 21.9. The molecule has 1 aromatic carbocycles. The summed E-state index contributed by atoms with van der Waals surface area (Å²) in [6, 6.07) is 8.89. The van der Waals surface area contributed by atoms with E-state index in [0.29, 0.717) is 23.3 Å². The molecule has 7 nitrogen and oxygen atoms in total. The first-order chi connectivity index (χ1) is 15.2. The molecule has 1 aromatic heterocycles. The lowest BCUT2D eigenvalue weighted by molar-refractivity contribution is -0.116. The first kappa shape index (κ1) is 26.7. The van der Waals surface area contributed by atoms with E-state index in [1.165, 1.54) is 0 Å². The third kappa shape index (κ3) is 8.39. The molecular formula is C25H38ClN5O2. The van der Waals surface area contributed by atoms with Crippen molar-refractivity contribution in [2.75, 3.05) is 18.4 Å². The van der Waals surface area contributed by atoms with Gasteiger partial charge < -0.3 is 15.5 Å². The molecule has 0 unspecified atom stereocenters. The van der Waals surface area contributed by atoms with Gasteiger partial charge in [0.05, 0.1) is 11.4 Å². The van der Waals surface area contributed by atoms with Crippen LogP contribution in [0.15, 0.2) is 30.3 Å². The number of carbonyl (C=O) groups excluding carboxylic acids is 2. The molecule has 0 aliphatic carbocycles. The zero-order chi connectivity index (χ0) is 25.0. The van der Waals surface area contributed by atoms with Crippen LogP contribution in [0.4, 0.5) is 10.6 Å². The molecule has 0 bridgehead atoms. The Kier molecular flexibility index (Phi) is 8.57. The van der Waals surface area contributed by atoms with Gasteiger partial charge in [-0.05, 0) is 57.4 Å². The van der Waals surface area contributed by atoms with E-state index in [1.54, 1.807) is 21.7 Å². The lowest BCUT2D eigenvalue weighted by atomic mass is 9.92. The number of halogens is 1. The number of hydrogen-bond donors (Lipinski definition) is 2. The molecule has 0 aliphatic heterocycles. The van der Waals surface area contributed by atoms with Crippen molar-refractivity contribution in [3.8, 4) is 5.69 Å². The van der Waals surface area contributed by atoms with Gasteiger partial charge in [-0.2, -0.15) is 5.10 Å². The lowest BCUT2D eigenvalue weighted by Crippen LogP contribution is -2.50. The summed E-state index contributed by atoms with van der Waals surface area (Å²) >= 11 is 6.04. The minimum absolute atomic E-state index is 0.0503. The molecule has 2 rings (SSSR count). The highest BCUT2D eigenvalue weighted by Gasteiger charge is 2.24. The maximum Gasteiger partial charge on any atom is 0.318 e. The van der Waals surface area contributed by atoms with Gasteiger partial charge >= 0.3 is 6.03 Å². The summed E-state index contributed by atoms with van der Waals surface area (Å²) in [5.74, 6) is 0.685. The van der Waals surface area contributed by atoms with Gasteiger partial charge in [0.2, 0.25) is 5.91 Å². The molecule has 3 amide bonds. The van der Waals surface area contributed by atoms with Crippen molar-refractivity contribution in [2.45, 2.75) is 72.8 Å². The van der Waals surface area contributed by atoms with Gasteiger partial charge in [-0.3, -0.25) is 4.79 Å². The van der Waals surface area contributed by atoms with Gasteiger partial charge in [-0.25, -0.2) is 9.48 Å². The number of carbonyl (C=O) groups is 2. The number of anilines is 1. The second-order valence-corrected chi connectivity index (χ2v) is 11.3. The van der Waals surface area contributed by atoms with Crippen molar-refractivity contribution < 1.29 is 9.59 Å². The van der Waals surface area contributed by atoms with Crippen LogP contribution in [0.3, 0.4) is 0 Å². The number of urea groups is 1. The number of aromatic nitrogens is 2. The topological polar surface area (TPSA) is 79.3 Å². The van der Waals surface area contributed by atoms with Gasteiger partial charge in [0, 0.05) is 28.6 Å². The fourth-order valence-corrected chi connectivity index (χ4v) is 3.16. The van der Waals surface area contributed by atoms with Crippen molar-refractivity contribution in [3.05, 3.63) is 41.0 Å². The van der Waals surface area contributed by atoms with Gasteiger partial charge in [-0.1, -0.05) is 46.2 Å². The molecule has 33 heavy (non-hydrogen) atoms. The predicted octanol–water partition coefficient (Wildman–Crippen LogP) is 5.62. The van der Waals surface area contributed by atoms with Gasteiger partial charge in [0.25, 0.3) is 0 Å². The highest BCUT2D eigenvalue weighted by atomic mass is 35.5. The number of hydrogen-bond acceptors (Lipinski definition) is 3. The molecule has 0 fully saturated rings. The molecule has 0 saturated heterocycles. The number of amides is 3. The van der Waals surface area contributed by atoms with Crippen LogP contribution in [-0.2, 0) is 10.2 Å². The molecular weight excluding hydrogens is 438 g/mol. The molecule has 182 valence electrons. The summed E-state index contributed by atoms with van der Waals surface area (Å²) in [6.45, 7) is 16.6. The summed E-state index contributed by atoms with van der Waals surface area (Å²) in [5, 5.41) is 11.3. The summed E-state index contributed by atoms with van der Waals surface area (Å²) < 4.78 is 1.70. The first-order valence-electron chi connectivity index (χ1n) is 11.4. The Labute approximate surface area is 202 Å². The average molecular weight is 476 g/mol. The van der Waals surface area contributed by atoms with Crippen molar-refractivity contribution in [2.24, 2.45) is 5.92 Å². The van der Waals surface area contributed by atoms with Gasteiger partial charge in [0.15, 0.2) is 0 Å². The van der Waals surface area contributed by atoms with Gasteiger partial charge in [-0.15, -0.1) is 0 Å². The lowest BCUT2D eigenvalue weighted by Gasteiger charge is -2.28. The Morgan fingerprint density at radius 1 is 1.09 bits per heavy atom. The zero-order valence-electron chi connectivity index (χ0n) is 21.1. The Hall–Kier alpha value is -2.54. The second-order valence-electron chi connectivity index (χ2n) is 10.9. The van der Waals surface area contributed by atoms with E-state index in [4.69, 9.17) is 16.7 Å². The van der Waals surface area contributed by atoms with E-state index >= 15 is 0 Å². The molecule has 0 saturated carbocycles. The predicted molar refractivity (Wildman–Crippen MR) is 135 cm³/mol. The van der Waals surface area contributed by atoms with Crippen LogP contribution < -0.4 is 10.6 Å². The monoisotopic (exact) mass is 475 g/mol. The summed E-state index contributed by atoms with van der Waals surface area (Å²) in [4.78, 5) is 27.4. The number of nitrogens with zero attached hydrogens (tertiary/aromatic N) is 3. The van der Waals surface area contributed by atoms with Crippen LogP contribution in [0.2, 0.25) is 5.02 Å². The smallest absolute Gasteiger partial charge is 0.318 e. The van der Waals surface area contributed by atoms with Crippen LogP contribution >= 0.6 is 11.6 Å². The Morgan fingerprint density at radius 3 is 2.21 bits per heavy atom. The fourth-order valence-electron chi connectivity index (χ4n) is 3.04. The fraction of sp³-hybridized carbons (Fsp3) is 0.560. The maximum absolute atomic E-state index is 13.0. The summed E-state index contributed by atoms with van der Waals surface area (Å²) in [5.41, 5.74) is 1.04. The first-order valence-corrected chi connectivity index (χ1v) is 11.8. The third-order valence-corrected chi connectivity index (χ3v) is 5.15. The van der Waals surface area contributed by atoms with E-state index < -0.39 is 5.54 Å². The van der Waals surface area contributed by atoms with E-state index in [-0.39, 0.29) is 23.9 Å². The average Bonchev–Trinajstić information content (AvgIpc) is 3.08. The summed E-state index contributed by atoms with van der Waals surface area (Å²) in [7, 11) is 0. The number of rotatable bonds is 7. The van der Waals surface area contributed by atoms with E-state index in [2.05, 4.69) is 45.3 Å². The number of benzene rings is 1. The molecule has 2 N–H and O–H groups in total. The molecule has 1 heterocycles. The van der Waals surface area contributed by atoms with Crippen molar-refractivity contribution in [1.82, 2.24) is 20.0 Å². The van der Waals surface area contributed by atoms with E-state index in [0.717, 1.165) is 17.8 Å². The number of nitrogens with one attached hydrogen (secondary N) is 2. The van der Waals surface area contributed by atoms with Crippen molar-refractivity contribution >= 4 is 29.4 Å². The van der Waals surface area contributed by atoms with Crippen LogP contribution in [-0.4, -0.2) is 45.2 Å². The molecule has 2 aromatic rings. The van der Waals surface area contributed by atoms with Crippen LogP contribution in [0.5, 0.6) is 0 Å². The molecule has 0 aliphatic rings. The molecule has 0 radical (unpaired) electrons. The Morgan fingerprint density at radius 2 is 1.70 bits per heavy atom. The summed E-state index contributed by atoms with van der Waals surface area (Å²) in [6.07, 6.45) is 0.807. The molecule has 8 heteroatoms. The van der Waals surface area contributed by atoms with Crippen LogP contribution in [0, 0.1) is 5.92 Å². The standard InChI is InChI=1S/C25H38ClN5O2/c1-17(2)13-14-30(23(33)28-25(6,7)8)16-22(32)27-21-15-20(24(3,4)5)29-31(21)19-11-9-18(26)10-12-19/h9-12,15,17H,13-14,16H2,1-8H3,(H,27,32)(H,28,33). The third-order valence-electron chi connectivity index (χ3n) is 4.90. The quantitative estimate of drug-likeness (QED) is 0.545. The Balaban J connectivity index is 2.27. The highest BCUT2D eigenvalue weighted by Crippen LogP contribution is 2.27. The largest absolute Gasteiger partial charge is 0.333 e. The minimum atomic E-state index is -0.390. The van der Waals surface area contributed by atoms with Crippen LogP contribution in [0.25, 0.3) is 5.69 Å². The van der Waals surface area contributed by atoms with E-state index in [9.17, 15) is 9.59 Å². The normalized spacial score (nSPS) is 12.1. The molecule has 0 spiro atoms.